The van der Waals surface area contributed by atoms with Gasteiger partial charge in [-0.25, -0.2) is 0 Å². The molecule has 1 N–H and O–H groups in total. The smallest absolute Gasteiger partial charge is 0.231 e. The average molecular weight is 539 g/mol. The van der Waals surface area contributed by atoms with E-state index in [2.05, 4.69) is 61.5 Å². The molecule has 0 saturated heterocycles. The molecule has 0 radical (unpaired) electrons. The molecule has 1 aliphatic carbocycles. The molecule has 2 heterocycles. The summed E-state index contributed by atoms with van der Waals surface area (Å²) >= 11 is 0. The number of halogens is 1. The maximum absolute atomic E-state index is 5.58. The van der Waals surface area contributed by atoms with Crippen LogP contribution in [-0.2, 0) is 19.0 Å². The lowest BCUT2D eigenvalue weighted by molar-refractivity contribution is 0.174. The summed E-state index contributed by atoms with van der Waals surface area (Å²) in [7, 11) is 4.08. The molecular formula is C23H34IN5O2. The largest absolute Gasteiger partial charge is 0.454 e. The zero-order chi connectivity index (χ0) is 21.3. The van der Waals surface area contributed by atoms with Crippen LogP contribution in [0.1, 0.15) is 56.4 Å². The Labute approximate surface area is 202 Å². The molecule has 0 unspecified atom stereocenters. The Morgan fingerprint density at radius 1 is 1.29 bits per heavy atom. The molecule has 2 aromatic rings. The van der Waals surface area contributed by atoms with Crippen molar-refractivity contribution in [3.05, 3.63) is 41.2 Å². The van der Waals surface area contributed by atoms with Gasteiger partial charge in [-0.15, -0.1) is 24.0 Å². The van der Waals surface area contributed by atoms with Crippen LogP contribution in [0, 0.1) is 0 Å². The summed E-state index contributed by atoms with van der Waals surface area (Å²) in [6, 6.07) is 6.32. The number of ether oxygens (including phenoxy) is 2. The highest BCUT2D eigenvalue weighted by Crippen LogP contribution is 2.50. The van der Waals surface area contributed by atoms with E-state index in [4.69, 9.17) is 14.5 Å². The Morgan fingerprint density at radius 3 is 2.71 bits per heavy atom. The summed E-state index contributed by atoms with van der Waals surface area (Å²) in [6.45, 7) is 9.18. The molecule has 1 aromatic carbocycles. The normalized spacial score (nSPS) is 16.3. The minimum Gasteiger partial charge on any atom is -0.454 e. The van der Waals surface area contributed by atoms with Crippen molar-refractivity contribution in [2.24, 2.45) is 12.0 Å². The van der Waals surface area contributed by atoms with E-state index in [1.165, 1.54) is 11.1 Å². The van der Waals surface area contributed by atoms with E-state index in [9.17, 15) is 0 Å². The molecular weight excluding hydrogens is 505 g/mol. The third kappa shape index (κ3) is 5.10. The quantitative estimate of drug-likeness (QED) is 0.327. The zero-order valence-electron chi connectivity index (χ0n) is 19.1. The highest BCUT2D eigenvalue weighted by molar-refractivity contribution is 14.0. The molecule has 1 saturated carbocycles. The van der Waals surface area contributed by atoms with Crippen molar-refractivity contribution in [1.29, 1.82) is 0 Å². The van der Waals surface area contributed by atoms with Crippen LogP contribution in [0.3, 0.4) is 0 Å². The fourth-order valence-electron chi connectivity index (χ4n) is 4.10. The van der Waals surface area contributed by atoms with Gasteiger partial charge < -0.3 is 19.7 Å². The molecule has 31 heavy (non-hydrogen) atoms. The van der Waals surface area contributed by atoms with Gasteiger partial charge in [0.1, 0.15) is 0 Å². The van der Waals surface area contributed by atoms with Crippen molar-refractivity contribution in [2.75, 3.05) is 26.9 Å². The minimum atomic E-state index is 0. The average Bonchev–Trinajstić information content (AvgIpc) is 3.19. The Hall–Kier alpha value is -1.97. The van der Waals surface area contributed by atoms with Crippen LogP contribution in [0.5, 0.6) is 11.5 Å². The number of fused-ring (bicyclic) bond motifs is 1. The van der Waals surface area contributed by atoms with E-state index in [0.29, 0.717) is 12.7 Å². The Morgan fingerprint density at radius 2 is 2.03 bits per heavy atom. The molecule has 4 rings (SSSR count). The van der Waals surface area contributed by atoms with Crippen LogP contribution in [0.15, 0.2) is 29.4 Å². The lowest BCUT2D eigenvalue weighted by atomic mass is 9.96. The second-order valence-electron chi connectivity index (χ2n) is 8.74. The van der Waals surface area contributed by atoms with E-state index in [-0.39, 0.29) is 29.4 Å². The second-order valence-corrected chi connectivity index (χ2v) is 8.74. The number of hydrogen-bond acceptors (Lipinski definition) is 4. The van der Waals surface area contributed by atoms with Gasteiger partial charge in [-0.2, -0.15) is 5.10 Å². The lowest BCUT2D eigenvalue weighted by Crippen LogP contribution is -2.39. The van der Waals surface area contributed by atoms with Crippen molar-refractivity contribution in [1.82, 2.24) is 20.0 Å². The van der Waals surface area contributed by atoms with E-state index in [1.54, 1.807) is 0 Å². The second kappa shape index (κ2) is 9.67. The van der Waals surface area contributed by atoms with Crippen molar-refractivity contribution >= 4 is 29.9 Å². The molecule has 2 aliphatic rings. The SMILES string of the molecule is CCNC(=NCC1(c2ccc3c(c2)OCO3)CC1)N(C)Cc1cn(C)nc1C(C)C.I. The summed E-state index contributed by atoms with van der Waals surface area (Å²) in [4.78, 5) is 7.22. The summed E-state index contributed by atoms with van der Waals surface area (Å²) in [5, 5.41) is 8.10. The maximum atomic E-state index is 5.58. The molecule has 8 heteroatoms. The fourth-order valence-corrected chi connectivity index (χ4v) is 4.10. The van der Waals surface area contributed by atoms with Gasteiger partial charge >= 0.3 is 0 Å². The lowest BCUT2D eigenvalue weighted by Gasteiger charge is -2.23. The van der Waals surface area contributed by atoms with E-state index < -0.39 is 0 Å². The molecule has 0 spiro atoms. The number of nitrogens with zero attached hydrogens (tertiary/aromatic N) is 4. The highest BCUT2D eigenvalue weighted by atomic mass is 127. The van der Waals surface area contributed by atoms with Crippen LogP contribution in [0.25, 0.3) is 0 Å². The molecule has 1 aliphatic heterocycles. The first-order chi connectivity index (χ1) is 14.4. The minimum absolute atomic E-state index is 0. The third-order valence-corrected chi connectivity index (χ3v) is 5.96. The maximum Gasteiger partial charge on any atom is 0.231 e. The molecule has 0 amide bonds. The number of aromatic nitrogens is 2. The van der Waals surface area contributed by atoms with Gasteiger partial charge in [0.05, 0.1) is 12.2 Å². The Balaban J connectivity index is 0.00000272. The number of guanidine groups is 1. The standard InChI is InChI=1S/C23H33N5O2.HI/c1-6-24-22(27(4)12-17-13-28(5)26-21(17)16(2)3)25-14-23(9-10-23)18-7-8-19-20(11-18)30-15-29-19;/h7-8,11,13,16H,6,9-10,12,14-15H2,1-5H3,(H,24,25);1H. The van der Waals surface area contributed by atoms with E-state index >= 15 is 0 Å². The predicted octanol–water partition coefficient (Wildman–Crippen LogP) is 4.02. The van der Waals surface area contributed by atoms with Gasteiger partial charge in [-0.05, 0) is 43.4 Å². The van der Waals surface area contributed by atoms with Gasteiger partial charge in [0.2, 0.25) is 6.79 Å². The first-order valence-electron chi connectivity index (χ1n) is 10.8. The molecule has 7 nitrogen and oxygen atoms in total. The Bertz CT molecular complexity index is 936. The summed E-state index contributed by atoms with van der Waals surface area (Å²) in [5.74, 6) is 3.02. The van der Waals surface area contributed by atoms with Crippen molar-refractivity contribution in [3.8, 4) is 11.5 Å². The Kier molecular flexibility index (Phi) is 7.39. The number of hydrogen-bond donors (Lipinski definition) is 1. The van der Waals surface area contributed by atoms with Crippen LogP contribution in [0.2, 0.25) is 0 Å². The summed E-state index contributed by atoms with van der Waals surface area (Å²) < 4.78 is 12.9. The van der Waals surface area contributed by atoms with Crippen LogP contribution >= 0.6 is 24.0 Å². The molecule has 0 bridgehead atoms. The van der Waals surface area contributed by atoms with Crippen LogP contribution in [-0.4, -0.2) is 47.6 Å². The summed E-state index contributed by atoms with van der Waals surface area (Å²) in [5.41, 5.74) is 3.81. The van der Waals surface area contributed by atoms with Crippen LogP contribution < -0.4 is 14.8 Å². The fraction of sp³-hybridized carbons (Fsp3) is 0.565. The van der Waals surface area contributed by atoms with E-state index in [0.717, 1.165) is 55.6 Å². The number of rotatable bonds is 7. The number of benzene rings is 1. The number of aliphatic imine (C=N–C) groups is 1. The molecule has 170 valence electrons. The first-order valence-corrected chi connectivity index (χ1v) is 10.8. The van der Waals surface area contributed by atoms with Gasteiger partial charge in [0, 0.05) is 44.4 Å². The van der Waals surface area contributed by atoms with Gasteiger partial charge in [0.25, 0.3) is 0 Å². The van der Waals surface area contributed by atoms with Crippen molar-refractivity contribution in [3.63, 3.8) is 0 Å². The predicted molar refractivity (Wildman–Crippen MR) is 134 cm³/mol. The molecule has 1 aromatic heterocycles. The molecule has 0 atom stereocenters. The van der Waals surface area contributed by atoms with Gasteiger partial charge in [-0.1, -0.05) is 19.9 Å². The number of aryl methyl sites for hydroxylation is 1. The zero-order valence-corrected chi connectivity index (χ0v) is 21.5. The van der Waals surface area contributed by atoms with Crippen molar-refractivity contribution < 1.29 is 9.47 Å². The van der Waals surface area contributed by atoms with Gasteiger partial charge in [-0.3, -0.25) is 9.67 Å². The highest BCUT2D eigenvalue weighted by Gasteiger charge is 2.45. The monoisotopic (exact) mass is 539 g/mol. The molecule has 1 fully saturated rings. The van der Waals surface area contributed by atoms with Crippen molar-refractivity contribution in [2.45, 2.75) is 51.5 Å². The first kappa shape index (κ1) is 23.7. The third-order valence-electron chi connectivity index (χ3n) is 5.96. The topological polar surface area (TPSA) is 63.9 Å². The van der Waals surface area contributed by atoms with Crippen LogP contribution in [0.4, 0.5) is 0 Å². The van der Waals surface area contributed by atoms with Gasteiger partial charge in [0.15, 0.2) is 17.5 Å². The van der Waals surface area contributed by atoms with E-state index in [1.807, 2.05) is 17.8 Å². The summed E-state index contributed by atoms with van der Waals surface area (Å²) in [6.07, 6.45) is 4.42. The number of nitrogens with one attached hydrogen (secondary N) is 1.